The number of carbonyl (C=O) groups excluding carboxylic acids is 1. The topological polar surface area (TPSA) is 64.3 Å². The van der Waals surface area contributed by atoms with Gasteiger partial charge < -0.3 is 15.8 Å². The van der Waals surface area contributed by atoms with E-state index in [1.165, 1.54) is 12.1 Å². The number of nitrogens with two attached hydrogens (primary N) is 1. The summed E-state index contributed by atoms with van der Waals surface area (Å²) in [5.41, 5.74) is 5.82. The lowest BCUT2D eigenvalue weighted by Crippen LogP contribution is -2.36. The molecule has 0 spiro atoms. The van der Waals surface area contributed by atoms with Crippen molar-refractivity contribution in [2.75, 3.05) is 13.1 Å². The number of alkyl carbamates (subject to hydrolysis) is 1. The lowest BCUT2D eigenvalue weighted by atomic mass is 9.99. The van der Waals surface area contributed by atoms with Gasteiger partial charge in [0.25, 0.3) is 0 Å². The van der Waals surface area contributed by atoms with E-state index in [0.29, 0.717) is 10.6 Å². The summed E-state index contributed by atoms with van der Waals surface area (Å²) in [5, 5.41) is 2.93. The molecule has 1 unspecified atom stereocenters. The van der Waals surface area contributed by atoms with Gasteiger partial charge in [-0.05, 0) is 38.5 Å². The SMILES string of the molecule is CC(C)(C)OC(=O)NCC(CN)c1ccc(F)cc1Cl. The Morgan fingerprint density at radius 3 is 2.65 bits per heavy atom. The number of halogens is 2. The number of amides is 1. The first-order valence-corrected chi connectivity index (χ1v) is 6.72. The molecule has 0 radical (unpaired) electrons. The molecule has 3 N–H and O–H groups in total. The molecule has 0 aliphatic carbocycles. The predicted octanol–water partition coefficient (Wildman–Crippen LogP) is 3.05. The monoisotopic (exact) mass is 302 g/mol. The Morgan fingerprint density at radius 2 is 2.15 bits per heavy atom. The van der Waals surface area contributed by atoms with Gasteiger partial charge in [0, 0.05) is 24.0 Å². The van der Waals surface area contributed by atoms with Crippen molar-refractivity contribution in [2.24, 2.45) is 5.73 Å². The van der Waals surface area contributed by atoms with E-state index < -0.39 is 17.5 Å². The Morgan fingerprint density at radius 1 is 1.50 bits per heavy atom. The van der Waals surface area contributed by atoms with Gasteiger partial charge in [-0.15, -0.1) is 0 Å². The van der Waals surface area contributed by atoms with Crippen molar-refractivity contribution in [1.29, 1.82) is 0 Å². The van der Waals surface area contributed by atoms with Crippen LogP contribution >= 0.6 is 11.6 Å². The molecule has 0 aromatic heterocycles. The molecule has 112 valence electrons. The van der Waals surface area contributed by atoms with E-state index in [9.17, 15) is 9.18 Å². The maximum Gasteiger partial charge on any atom is 0.407 e. The first-order valence-electron chi connectivity index (χ1n) is 6.35. The molecule has 4 nitrogen and oxygen atoms in total. The molecular formula is C14H20ClFN2O2. The van der Waals surface area contributed by atoms with Crippen molar-refractivity contribution in [3.8, 4) is 0 Å². The predicted molar refractivity (Wildman–Crippen MR) is 77.4 cm³/mol. The highest BCUT2D eigenvalue weighted by Crippen LogP contribution is 2.24. The van der Waals surface area contributed by atoms with Crippen LogP contribution in [-0.2, 0) is 4.74 Å². The van der Waals surface area contributed by atoms with Crippen LogP contribution in [0, 0.1) is 5.82 Å². The normalized spacial score (nSPS) is 12.9. The van der Waals surface area contributed by atoms with E-state index in [-0.39, 0.29) is 19.0 Å². The average Bonchev–Trinajstić information content (AvgIpc) is 2.29. The summed E-state index contributed by atoms with van der Waals surface area (Å²) < 4.78 is 18.1. The summed E-state index contributed by atoms with van der Waals surface area (Å²) in [5.74, 6) is -0.606. The molecule has 20 heavy (non-hydrogen) atoms. The molecule has 1 aromatic rings. The third-order valence-electron chi connectivity index (χ3n) is 2.58. The van der Waals surface area contributed by atoms with Crippen LogP contribution in [0.3, 0.4) is 0 Å². The summed E-state index contributed by atoms with van der Waals surface area (Å²) in [4.78, 5) is 11.6. The van der Waals surface area contributed by atoms with Crippen LogP contribution in [0.25, 0.3) is 0 Å². The second-order valence-electron chi connectivity index (χ2n) is 5.48. The molecule has 0 saturated carbocycles. The van der Waals surface area contributed by atoms with Gasteiger partial charge in [-0.2, -0.15) is 0 Å². The number of carbonyl (C=O) groups is 1. The van der Waals surface area contributed by atoms with Crippen molar-refractivity contribution < 1.29 is 13.9 Å². The summed E-state index contributed by atoms with van der Waals surface area (Å²) in [7, 11) is 0. The Kier molecular flexibility index (Phi) is 5.77. The van der Waals surface area contributed by atoms with Crippen molar-refractivity contribution in [3.63, 3.8) is 0 Å². The van der Waals surface area contributed by atoms with Crippen LogP contribution in [0.1, 0.15) is 32.3 Å². The first-order chi connectivity index (χ1) is 9.23. The molecule has 0 heterocycles. The van der Waals surface area contributed by atoms with E-state index in [4.69, 9.17) is 22.1 Å². The average molecular weight is 303 g/mol. The minimum atomic E-state index is -0.560. The van der Waals surface area contributed by atoms with Crippen LogP contribution in [0.5, 0.6) is 0 Å². The number of rotatable bonds is 4. The highest BCUT2D eigenvalue weighted by molar-refractivity contribution is 6.31. The molecule has 0 bridgehead atoms. The second kappa shape index (κ2) is 6.90. The van der Waals surface area contributed by atoms with Crippen molar-refractivity contribution in [2.45, 2.75) is 32.3 Å². The van der Waals surface area contributed by atoms with Crippen molar-refractivity contribution >= 4 is 17.7 Å². The van der Waals surface area contributed by atoms with Crippen molar-refractivity contribution in [3.05, 3.63) is 34.6 Å². The zero-order valence-electron chi connectivity index (χ0n) is 11.9. The highest BCUT2D eigenvalue weighted by atomic mass is 35.5. The maximum absolute atomic E-state index is 13.0. The molecule has 0 saturated heterocycles. The van der Waals surface area contributed by atoms with Crippen molar-refractivity contribution in [1.82, 2.24) is 5.32 Å². The van der Waals surface area contributed by atoms with Gasteiger partial charge in [0.1, 0.15) is 11.4 Å². The molecule has 0 fully saturated rings. The lowest BCUT2D eigenvalue weighted by Gasteiger charge is -2.22. The number of nitrogens with one attached hydrogen (secondary N) is 1. The van der Waals surface area contributed by atoms with Gasteiger partial charge in [0.15, 0.2) is 0 Å². The van der Waals surface area contributed by atoms with E-state index >= 15 is 0 Å². The lowest BCUT2D eigenvalue weighted by molar-refractivity contribution is 0.0525. The van der Waals surface area contributed by atoms with E-state index in [0.717, 1.165) is 0 Å². The molecule has 0 aliphatic heterocycles. The standard InChI is InChI=1S/C14H20ClFN2O2/c1-14(2,3)20-13(19)18-8-9(7-17)11-5-4-10(16)6-12(11)15/h4-6,9H,7-8,17H2,1-3H3,(H,18,19). The first kappa shape index (κ1) is 16.7. The van der Waals surface area contributed by atoms with Crippen LogP contribution in [0.2, 0.25) is 5.02 Å². The van der Waals surface area contributed by atoms with Crippen LogP contribution in [-0.4, -0.2) is 24.8 Å². The van der Waals surface area contributed by atoms with Gasteiger partial charge in [-0.3, -0.25) is 0 Å². The van der Waals surface area contributed by atoms with Crippen LogP contribution in [0.15, 0.2) is 18.2 Å². The molecule has 1 amide bonds. The zero-order chi connectivity index (χ0) is 15.3. The van der Waals surface area contributed by atoms with E-state index in [1.807, 2.05) is 0 Å². The van der Waals surface area contributed by atoms with E-state index in [1.54, 1.807) is 26.8 Å². The maximum atomic E-state index is 13.0. The van der Waals surface area contributed by atoms with Gasteiger partial charge in [-0.1, -0.05) is 17.7 Å². The molecule has 0 aliphatic rings. The number of ether oxygens (including phenoxy) is 1. The largest absolute Gasteiger partial charge is 0.444 e. The summed E-state index contributed by atoms with van der Waals surface area (Å²) >= 11 is 5.99. The highest BCUT2D eigenvalue weighted by Gasteiger charge is 2.19. The molecule has 1 aromatic carbocycles. The molecule has 1 rings (SSSR count). The third kappa shape index (κ3) is 5.35. The van der Waals surface area contributed by atoms with Crippen LogP contribution in [0.4, 0.5) is 9.18 Å². The summed E-state index contributed by atoms with van der Waals surface area (Å²) in [6, 6.07) is 4.12. The molecule has 1 atom stereocenters. The zero-order valence-corrected chi connectivity index (χ0v) is 12.6. The Hall–Kier alpha value is -1.33. The van der Waals surface area contributed by atoms with Gasteiger partial charge in [0.05, 0.1) is 0 Å². The fourth-order valence-electron chi connectivity index (χ4n) is 1.67. The quantitative estimate of drug-likeness (QED) is 0.898. The number of benzene rings is 1. The van der Waals surface area contributed by atoms with E-state index in [2.05, 4.69) is 5.32 Å². The smallest absolute Gasteiger partial charge is 0.407 e. The fourth-order valence-corrected chi connectivity index (χ4v) is 2.00. The van der Waals surface area contributed by atoms with Gasteiger partial charge in [-0.25, -0.2) is 9.18 Å². The van der Waals surface area contributed by atoms with Crippen LogP contribution < -0.4 is 11.1 Å². The second-order valence-corrected chi connectivity index (χ2v) is 5.89. The Labute approximate surface area is 123 Å². The van der Waals surface area contributed by atoms with Gasteiger partial charge in [0.2, 0.25) is 0 Å². The minimum absolute atomic E-state index is 0.199. The molecular weight excluding hydrogens is 283 g/mol. The fraction of sp³-hybridized carbons (Fsp3) is 0.500. The Balaban J connectivity index is 2.66. The Bertz CT molecular complexity index is 475. The third-order valence-corrected chi connectivity index (χ3v) is 2.91. The summed E-state index contributed by atoms with van der Waals surface area (Å²) in [6.07, 6.45) is -0.519. The number of hydrogen-bond acceptors (Lipinski definition) is 3. The molecule has 6 heteroatoms. The summed E-state index contributed by atoms with van der Waals surface area (Å²) in [6.45, 7) is 5.90. The number of hydrogen-bond donors (Lipinski definition) is 2. The van der Waals surface area contributed by atoms with Gasteiger partial charge >= 0.3 is 6.09 Å². The minimum Gasteiger partial charge on any atom is -0.444 e.